The molecule has 0 aliphatic carbocycles. The highest BCUT2D eigenvalue weighted by atomic mass is 35.5. The molecule has 2 N–H and O–H groups in total. The van der Waals surface area contributed by atoms with Crippen molar-refractivity contribution in [2.75, 3.05) is 31.5 Å². The molecule has 3 amide bonds. The predicted octanol–water partition coefficient (Wildman–Crippen LogP) is 1.28. The van der Waals surface area contributed by atoms with E-state index in [9.17, 15) is 14.4 Å². The Morgan fingerprint density at radius 2 is 2.19 bits per heavy atom. The van der Waals surface area contributed by atoms with Gasteiger partial charge in [-0.3, -0.25) is 14.4 Å². The van der Waals surface area contributed by atoms with Crippen molar-refractivity contribution in [3.63, 3.8) is 0 Å². The van der Waals surface area contributed by atoms with Crippen molar-refractivity contribution in [2.24, 2.45) is 11.0 Å². The van der Waals surface area contributed by atoms with E-state index in [1.54, 1.807) is 24.3 Å². The summed E-state index contributed by atoms with van der Waals surface area (Å²) in [6, 6.07) is 7.02. The SMILES string of the molecule is CC(=O)NCCN1N=C2CCC(C(=O)Nc3cccc(Cl)c3)CN2CC1=O. The Kier molecular flexibility index (Phi) is 5.95. The summed E-state index contributed by atoms with van der Waals surface area (Å²) in [5.74, 6) is 0.225. The summed E-state index contributed by atoms with van der Waals surface area (Å²) in [5.41, 5.74) is 0.658. The summed E-state index contributed by atoms with van der Waals surface area (Å²) in [6.45, 7) is 2.79. The van der Waals surface area contributed by atoms with Gasteiger partial charge in [-0.1, -0.05) is 17.7 Å². The van der Waals surface area contributed by atoms with Crippen LogP contribution in [0.3, 0.4) is 0 Å². The Bertz CT molecular complexity index is 782. The third-order valence-electron chi connectivity index (χ3n) is 4.53. The second kappa shape index (κ2) is 8.39. The Labute approximate surface area is 162 Å². The van der Waals surface area contributed by atoms with Crippen LogP contribution in [0.15, 0.2) is 29.4 Å². The molecule has 0 radical (unpaired) electrons. The minimum Gasteiger partial charge on any atom is -0.354 e. The molecule has 9 heteroatoms. The van der Waals surface area contributed by atoms with Gasteiger partial charge in [0.2, 0.25) is 11.8 Å². The fourth-order valence-electron chi connectivity index (χ4n) is 3.17. The van der Waals surface area contributed by atoms with Gasteiger partial charge in [0.25, 0.3) is 5.91 Å². The van der Waals surface area contributed by atoms with Crippen molar-refractivity contribution in [3.8, 4) is 0 Å². The Balaban J connectivity index is 1.58. The fourth-order valence-corrected chi connectivity index (χ4v) is 3.36. The lowest BCUT2D eigenvalue weighted by Crippen LogP contribution is -2.53. The molecule has 2 aliphatic heterocycles. The maximum absolute atomic E-state index is 12.5. The topological polar surface area (TPSA) is 94.1 Å². The number of benzene rings is 1. The number of carbonyl (C=O) groups excluding carboxylic acids is 3. The molecular formula is C18H22ClN5O3. The van der Waals surface area contributed by atoms with E-state index in [2.05, 4.69) is 15.7 Å². The number of rotatable bonds is 5. The molecular weight excluding hydrogens is 370 g/mol. The molecule has 2 heterocycles. The van der Waals surface area contributed by atoms with Crippen molar-refractivity contribution in [3.05, 3.63) is 29.3 Å². The summed E-state index contributed by atoms with van der Waals surface area (Å²) < 4.78 is 0. The van der Waals surface area contributed by atoms with Crippen LogP contribution in [0.25, 0.3) is 0 Å². The van der Waals surface area contributed by atoms with Crippen LogP contribution in [0, 0.1) is 5.92 Å². The molecule has 2 aliphatic rings. The molecule has 1 saturated heterocycles. The lowest BCUT2D eigenvalue weighted by molar-refractivity contribution is -0.134. The molecule has 1 unspecified atom stereocenters. The molecule has 0 saturated carbocycles. The minimum atomic E-state index is -0.221. The second-order valence-corrected chi connectivity index (χ2v) is 7.07. The first-order chi connectivity index (χ1) is 12.9. The first-order valence-corrected chi connectivity index (χ1v) is 9.24. The number of hydrazone groups is 1. The molecule has 144 valence electrons. The van der Waals surface area contributed by atoms with E-state index >= 15 is 0 Å². The average molecular weight is 392 g/mol. The second-order valence-electron chi connectivity index (χ2n) is 6.63. The van der Waals surface area contributed by atoms with Crippen LogP contribution in [-0.4, -0.2) is 59.6 Å². The third-order valence-corrected chi connectivity index (χ3v) is 4.77. The number of fused-ring (bicyclic) bond motifs is 1. The van der Waals surface area contributed by atoms with Gasteiger partial charge in [0.1, 0.15) is 12.4 Å². The van der Waals surface area contributed by atoms with Crippen LogP contribution >= 0.6 is 11.6 Å². The Hall–Kier alpha value is -2.61. The number of hydrogen-bond acceptors (Lipinski definition) is 5. The third kappa shape index (κ3) is 4.97. The van der Waals surface area contributed by atoms with Crippen molar-refractivity contribution in [1.29, 1.82) is 0 Å². The van der Waals surface area contributed by atoms with Gasteiger partial charge in [0.15, 0.2) is 0 Å². The molecule has 0 aromatic heterocycles. The highest BCUT2D eigenvalue weighted by molar-refractivity contribution is 6.30. The van der Waals surface area contributed by atoms with Crippen molar-refractivity contribution < 1.29 is 14.4 Å². The highest BCUT2D eigenvalue weighted by Gasteiger charge is 2.34. The number of halogens is 1. The van der Waals surface area contributed by atoms with E-state index in [-0.39, 0.29) is 30.2 Å². The molecule has 8 nitrogen and oxygen atoms in total. The molecule has 1 aromatic carbocycles. The van der Waals surface area contributed by atoms with Crippen LogP contribution in [0.5, 0.6) is 0 Å². The van der Waals surface area contributed by atoms with Gasteiger partial charge >= 0.3 is 0 Å². The van der Waals surface area contributed by atoms with Crippen LogP contribution in [-0.2, 0) is 14.4 Å². The van der Waals surface area contributed by atoms with Crippen LogP contribution in [0.2, 0.25) is 5.02 Å². The quantitative estimate of drug-likeness (QED) is 0.790. The van der Waals surface area contributed by atoms with Gasteiger partial charge in [0.05, 0.1) is 12.5 Å². The molecule has 0 spiro atoms. The van der Waals surface area contributed by atoms with Crippen LogP contribution in [0.1, 0.15) is 19.8 Å². The van der Waals surface area contributed by atoms with Gasteiger partial charge in [-0.15, -0.1) is 0 Å². The summed E-state index contributed by atoms with van der Waals surface area (Å²) >= 11 is 5.95. The van der Waals surface area contributed by atoms with Crippen LogP contribution in [0.4, 0.5) is 5.69 Å². The Morgan fingerprint density at radius 3 is 2.93 bits per heavy atom. The number of nitrogens with one attached hydrogen (secondary N) is 2. The lowest BCUT2D eigenvalue weighted by atomic mass is 9.95. The van der Waals surface area contributed by atoms with Gasteiger partial charge in [-0.25, -0.2) is 5.01 Å². The first-order valence-electron chi connectivity index (χ1n) is 8.86. The van der Waals surface area contributed by atoms with Gasteiger partial charge < -0.3 is 15.5 Å². The largest absolute Gasteiger partial charge is 0.354 e. The van der Waals surface area contributed by atoms with Gasteiger partial charge in [-0.05, 0) is 24.6 Å². The van der Waals surface area contributed by atoms with E-state index in [1.165, 1.54) is 11.9 Å². The van der Waals surface area contributed by atoms with Gasteiger partial charge in [-0.2, -0.15) is 5.10 Å². The number of carbonyl (C=O) groups is 3. The smallest absolute Gasteiger partial charge is 0.262 e. The van der Waals surface area contributed by atoms with E-state index in [0.717, 1.165) is 5.84 Å². The van der Waals surface area contributed by atoms with Crippen LogP contribution < -0.4 is 10.6 Å². The van der Waals surface area contributed by atoms with E-state index in [1.807, 2.05) is 4.90 Å². The zero-order valence-corrected chi connectivity index (χ0v) is 15.8. The lowest BCUT2D eigenvalue weighted by Gasteiger charge is -2.38. The molecule has 27 heavy (non-hydrogen) atoms. The van der Waals surface area contributed by atoms with Crippen molar-refractivity contribution in [2.45, 2.75) is 19.8 Å². The molecule has 1 aromatic rings. The number of nitrogens with zero attached hydrogens (tertiary/aromatic N) is 3. The zero-order valence-electron chi connectivity index (χ0n) is 15.1. The number of anilines is 1. The standard InChI is InChI=1S/C18H22ClN5O3/c1-12(25)20-7-8-24-17(26)11-23-10-13(5-6-16(23)22-24)18(27)21-15-4-2-3-14(19)9-15/h2-4,9,13H,5-8,10-11H2,1H3,(H,20,25)(H,21,27). The maximum Gasteiger partial charge on any atom is 0.262 e. The molecule has 3 rings (SSSR count). The maximum atomic E-state index is 12.5. The molecule has 0 bridgehead atoms. The van der Waals surface area contributed by atoms with Crippen molar-refractivity contribution in [1.82, 2.24) is 15.2 Å². The number of hydrogen-bond donors (Lipinski definition) is 2. The van der Waals surface area contributed by atoms with E-state index < -0.39 is 0 Å². The zero-order chi connectivity index (χ0) is 19.4. The number of amidine groups is 1. The summed E-state index contributed by atoms with van der Waals surface area (Å²) in [5, 5.41) is 11.9. The fraction of sp³-hybridized carbons (Fsp3) is 0.444. The summed E-state index contributed by atoms with van der Waals surface area (Å²) in [7, 11) is 0. The summed E-state index contributed by atoms with van der Waals surface area (Å²) in [6.07, 6.45) is 1.28. The highest BCUT2D eigenvalue weighted by Crippen LogP contribution is 2.24. The number of amides is 3. The van der Waals surface area contributed by atoms with E-state index in [0.29, 0.717) is 43.2 Å². The van der Waals surface area contributed by atoms with Crippen molar-refractivity contribution >= 4 is 40.8 Å². The van der Waals surface area contributed by atoms with Gasteiger partial charge in [0, 0.05) is 37.1 Å². The number of piperidine rings is 1. The summed E-state index contributed by atoms with van der Waals surface area (Å²) in [4.78, 5) is 37.6. The minimum absolute atomic E-state index is 0.0862. The first kappa shape index (κ1) is 19.2. The van der Waals surface area contributed by atoms with E-state index in [4.69, 9.17) is 11.6 Å². The normalized spacial score (nSPS) is 19.3. The molecule has 1 atom stereocenters. The molecule has 1 fully saturated rings. The monoisotopic (exact) mass is 391 g/mol. The predicted molar refractivity (Wildman–Crippen MR) is 102 cm³/mol. The Morgan fingerprint density at radius 1 is 1.37 bits per heavy atom. The average Bonchev–Trinajstić information content (AvgIpc) is 2.61.